The Hall–Kier alpha value is -1.28. The van der Waals surface area contributed by atoms with E-state index < -0.39 is 0 Å². The molecule has 0 bridgehead atoms. The first-order valence-corrected chi connectivity index (χ1v) is 8.40. The molecule has 0 radical (unpaired) electrons. The maximum Gasteiger partial charge on any atom is 0.189 e. The van der Waals surface area contributed by atoms with Gasteiger partial charge in [-0.2, -0.15) is 0 Å². The first-order chi connectivity index (χ1) is 11.2. The van der Waals surface area contributed by atoms with Gasteiger partial charge in [0.05, 0.1) is 13.7 Å². The van der Waals surface area contributed by atoms with E-state index in [0.29, 0.717) is 24.5 Å². The van der Waals surface area contributed by atoms with Gasteiger partial charge in [0.25, 0.3) is 0 Å². The van der Waals surface area contributed by atoms with Gasteiger partial charge in [-0.25, -0.2) is 4.99 Å². The topological polar surface area (TPSA) is 59.6 Å². The number of nitrogens with two attached hydrogens (primary N) is 1. The van der Waals surface area contributed by atoms with E-state index >= 15 is 0 Å². The zero-order chi connectivity index (χ0) is 16.2. The highest BCUT2D eigenvalue weighted by Crippen LogP contribution is 2.40. The van der Waals surface area contributed by atoms with E-state index in [1.807, 2.05) is 24.3 Å². The van der Waals surface area contributed by atoms with Crippen molar-refractivity contribution in [2.45, 2.75) is 24.9 Å². The second-order valence-corrected chi connectivity index (χ2v) is 6.57. The summed E-state index contributed by atoms with van der Waals surface area (Å²) < 4.78 is 6.42. The predicted octanol–water partition coefficient (Wildman–Crippen LogP) is 4.04. The molecule has 0 aromatic heterocycles. The molecule has 0 heterocycles. The van der Waals surface area contributed by atoms with E-state index in [4.69, 9.17) is 10.5 Å². The fourth-order valence-corrected chi connectivity index (χ4v) is 2.94. The van der Waals surface area contributed by atoms with E-state index in [-0.39, 0.29) is 24.0 Å². The summed E-state index contributed by atoms with van der Waals surface area (Å²) in [4.78, 5) is 4.42. The number of methoxy groups -OCH3 is 1. The Bertz CT molecular complexity index is 706. The van der Waals surface area contributed by atoms with Crippen molar-refractivity contribution in [3.8, 4) is 5.75 Å². The number of guanidine groups is 1. The van der Waals surface area contributed by atoms with Crippen LogP contribution < -0.4 is 15.8 Å². The standard InChI is InChI=1S/C18H20BrN3O.HI/c1-23-17-5-3-2-4-13(17)11-21-18(20)22-16-10-15(16)12-6-8-14(19)9-7-12;/h2-9,15-16H,10-11H2,1H3,(H3,20,21,22);1H/t15-,16+;/m0./s1. The average molecular weight is 502 g/mol. The summed E-state index contributed by atoms with van der Waals surface area (Å²) in [6.07, 6.45) is 1.09. The van der Waals surface area contributed by atoms with Crippen LogP contribution >= 0.6 is 39.9 Å². The molecule has 6 heteroatoms. The molecule has 128 valence electrons. The van der Waals surface area contributed by atoms with Gasteiger partial charge >= 0.3 is 0 Å². The largest absolute Gasteiger partial charge is 0.496 e. The molecule has 4 nitrogen and oxygen atoms in total. The minimum absolute atomic E-state index is 0. The fraction of sp³-hybridized carbons (Fsp3) is 0.278. The summed E-state index contributed by atoms with van der Waals surface area (Å²) in [5.41, 5.74) is 8.37. The van der Waals surface area contributed by atoms with Crippen LogP contribution in [0.3, 0.4) is 0 Å². The number of benzene rings is 2. The van der Waals surface area contributed by atoms with Crippen LogP contribution in [0.4, 0.5) is 0 Å². The first-order valence-electron chi connectivity index (χ1n) is 7.61. The third kappa shape index (κ3) is 4.86. The lowest BCUT2D eigenvalue weighted by Crippen LogP contribution is -2.34. The number of hydrogen-bond acceptors (Lipinski definition) is 2. The Morgan fingerprint density at radius 3 is 2.67 bits per heavy atom. The van der Waals surface area contributed by atoms with E-state index in [1.165, 1.54) is 5.56 Å². The smallest absolute Gasteiger partial charge is 0.189 e. The van der Waals surface area contributed by atoms with E-state index in [1.54, 1.807) is 7.11 Å². The zero-order valence-corrected chi connectivity index (χ0v) is 17.3. The third-order valence-electron chi connectivity index (χ3n) is 4.03. The van der Waals surface area contributed by atoms with E-state index in [2.05, 4.69) is 50.5 Å². The third-order valence-corrected chi connectivity index (χ3v) is 4.56. The zero-order valence-electron chi connectivity index (χ0n) is 13.4. The molecule has 3 rings (SSSR count). The summed E-state index contributed by atoms with van der Waals surface area (Å²) in [6, 6.07) is 16.7. The van der Waals surface area contributed by atoms with Crippen LogP contribution in [0.5, 0.6) is 5.75 Å². The molecule has 0 saturated heterocycles. The van der Waals surface area contributed by atoms with Gasteiger partial charge in [-0.3, -0.25) is 0 Å². The normalized spacial score (nSPS) is 19.3. The second-order valence-electron chi connectivity index (χ2n) is 5.66. The molecule has 2 aromatic carbocycles. The van der Waals surface area contributed by atoms with Gasteiger partial charge in [-0.05, 0) is 30.2 Å². The van der Waals surface area contributed by atoms with Gasteiger partial charge in [0, 0.05) is 22.0 Å². The molecule has 1 aliphatic rings. The number of nitrogens with one attached hydrogen (secondary N) is 1. The highest BCUT2D eigenvalue weighted by Gasteiger charge is 2.38. The SMILES string of the molecule is COc1ccccc1CN=C(N)N[C@@H]1C[C@H]1c1ccc(Br)cc1.I. The number of halogens is 2. The number of aliphatic imine (C=N–C) groups is 1. The molecule has 3 N–H and O–H groups in total. The molecule has 24 heavy (non-hydrogen) atoms. The van der Waals surface area contributed by atoms with Gasteiger partial charge in [0.2, 0.25) is 0 Å². The molecule has 1 aliphatic carbocycles. The van der Waals surface area contributed by atoms with Crippen LogP contribution in [0.25, 0.3) is 0 Å². The minimum atomic E-state index is 0. The highest BCUT2D eigenvalue weighted by atomic mass is 127. The van der Waals surface area contributed by atoms with Crippen LogP contribution in [0.1, 0.15) is 23.5 Å². The van der Waals surface area contributed by atoms with Gasteiger partial charge in [0.1, 0.15) is 5.75 Å². The summed E-state index contributed by atoms with van der Waals surface area (Å²) in [6.45, 7) is 0.512. The Balaban J connectivity index is 0.00000208. The number of nitrogens with zero attached hydrogens (tertiary/aromatic N) is 1. The molecule has 2 aromatic rings. The Morgan fingerprint density at radius 2 is 1.96 bits per heavy atom. The molecular weight excluding hydrogens is 481 g/mol. The maximum absolute atomic E-state index is 6.01. The van der Waals surface area contributed by atoms with E-state index in [9.17, 15) is 0 Å². The average Bonchev–Trinajstić information content (AvgIpc) is 3.33. The van der Waals surface area contributed by atoms with Gasteiger partial charge in [0.15, 0.2) is 5.96 Å². The van der Waals surface area contributed by atoms with Crippen molar-refractivity contribution in [3.05, 3.63) is 64.1 Å². The quantitative estimate of drug-likeness (QED) is 0.369. The minimum Gasteiger partial charge on any atom is -0.496 e. The van der Waals surface area contributed by atoms with Crippen LogP contribution in [0.2, 0.25) is 0 Å². The second kappa shape index (κ2) is 8.71. The highest BCUT2D eigenvalue weighted by molar-refractivity contribution is 14.0. The molecule has 0 amide bonds. The van der Waals surface area contributed by atoms with Crippen molar-refractivity contribution in [3.63, 3.8) is 0 Å². The van der Waals surface area contributed by atoms with E-state index in [0.717, 1.165) is 22.2 Å². The number of para-hydroxylation sites is 1. The number of hydrogen-bond donors (Lipinski definition) is 2. The van der Waals surface area contributed by atoms with Crippen LogP contribution in [0, 0.1) is 0 Å². The molecule has 0 spiro atoms. The lowest BCUT2D eigenvalue weighted by Gasteiger charge is -2.08. The van der Waals surface area contributed by atoms with Crippen molar-refractivity contribution < 1.29 is 4.74 Å². The van der Waals surface area contributed by atoms with Crippen molar-refractivity contribution in [1.82, 2.24) is 5.32 Å². The van der Waals surface area contributed by atoms with Gasteiger partial charge in [-0.15, -0.1) is 24.0 Å². The van der Waals surface area contributed by atoms with Crippen molar-refractivity contribution >= 4 is 45.9 Å². The van der Waals surface area contributed by atoms with Crippen LogP contribution in [0.15, 0.2) is 58.0 Å². The number of rotatable bonds is 5. The monoisotopic (exact) mass is 501 g/mol. The maximum atomic E-state index is 6.01. The molecule has 1 fully saturated rings. The molecule has 0 aliphatic heterocycles. The molecule has 2 atom stereocenters. The summed E-state index contributed by atoms with van der Waals surface area (Å²) in [7, 11) is 1.66. The summed E-state index contributed by atoms with van der Waals surface area (Å²) >= 11 is 3.46. The molecule has 1 saturated carbocycles. The van der Waals surface area contributed by atoms with Crippen LogP contribution in [-0.4, -0.2) is 19.1 Å². The van der Waals surface area contributed by atoms with Gasteiger partial charge in [-0.1, -0.05) is 46.3 Å². The van der Waals surface area contributed by atoms with Crippen LogP contribution in [-0.2, 0) is 6.54 Å². The lowest BCUT2D eigenvalue weighted by atomic mass is 10.1. The van der Waals surface area contributed by atoms with Crippen molar-refractivity contribution in [2.75, 3.05) is 7.11 Å². The lowest BCUT2D eigenvalue weighted by molar-refractivity contribution is 0.410. The number of ether oxygens (including phenoxy) is 1. The Morgan fingerprint density at radius 1 is 1.25 bits per heavy atom. The van der Waals surface area contributed by atoms with Crippen molar-refractivity contribution in [1.29, 1.82) is 0 Å². The summed E-state index contributed by atoms with van der Waals surface area (Å²) in [5, 5.41) is 3.30. The fourth-order valence-electron chi connectivity index (χ4n) is 2.67. The van der Waals surface area contributed by atoms with Crippen molar-refractivity contribution in [2.24, 2.45) is 10.7 Å². The Labute approximate surface area is 168 Å². The Kier molecular flexibility index (Phi) is 6.91. The molecule has 0 unspecified atom stereocenters. The first kappa shape index (κ1) is 19.1. The molecular formula is C18H21BrIN3O. The summed E-state index contributed by atoms with van der Waals surface area (Å²) in [5.74, 6) is 1.84. The van der Waals surface area contributed by atoms with Gasteiger partial charge < -0.3 is 15.8 Å². The predicted molar refractivity (Wildman–Crippen MR) is 112 cm³/mol.